The standard InChI is InChI=1S/C11H15N3O3/c1-12-6-8-4-9(5-8)17-11-2-3-13-7-10(11)14(15)16/h2-3,7-9,12H,4-6H2,1H3. The Morgan fingerprint density at radius 2 is 2.41 bits per heavy atom. The summed E-state index contributed by atoms with van der Waals surface area (Å²) in [6, 6.07) is 1.55. The average molecular weight is 237 g/mol. The third kappa shape index (κ3) is 2.71. The van der Waals surface area contributed by atoms with Gasteiger partial charge in [-0.2, -0.15) is 0 Å². The minimum atomic E-state index is -0.466. The lowest BCUT2D eigenvalue weighted by atomic mass is 9.82. The van der Waals surface area contributed by atoms with Crippen molar-refractivity contribution in [2.45, 2.75) is 18.9 Å². The fraction of sp³-hybridized carbons (Fsp3) is 0.545. The molecule has 6 nitrogen and oxygen atoms in total. The maximum atomic E-state index is 10.8. The summed E-state index contributed by atoms with van der Waals surface area (Å²) in [5.41, 5.74) is -0.0652. The zero-order valence-electron chi connectivity index (χ0n) is 9.63. The zero-order valence-corrected chi connectivity index (χ0v) is 9.63. The van der Waals surface area contributed by atoms with Crippen molar-refractivity contribution in [2.24, 2.45) is 5.92 Å². The molecule has 0 aromatic carbocycles. The highest BCUT2D eigenvalue weighted by atomic mass is 16.6. The molecule has 1 aromatic rings. The Bertz CT molecular complexity index is 405. The molecule has 0 amide bonds. The van der Waals surface area contributed by atoms with Gasteiger partial charge in [-0.25, -0.2) is 0 Å². The van der Waals surface area contributed by atoms with Crippen LogP contribution < -0.4 is 10.1 Å². The van der Waals surface area contributed by atoms with Gasteiger partial charge in [0.05, 0.1) is 11.0 Å². The van der Waals surface area contributed by atoms with E-state index in [-0.39, 0.29) is 11.8 Å². The van der Waals surface area contributed by atoms with Crippen LogP contribution in [0.1, 0.15) is 12.8 Å². The van der Waals surface area contributed by atoms with Gasteiger partial charge in [0.25, 0.3) is 0 Å². The molecule has 2 rings (SSSR count). The van der Waals surface area contributed by atoms with Crippen LogP contribution in [0, 0.1) is 16.0 Å². The molecule has 0 aliphatic heterocycles. The van der Waals surface area contributed by atoms with E-state index in [1.807, 2.05) is 7.05 Å². The van der Waals surface area contributed by atoms with Crippen molar-refractivity contribution in [1.29, 1.82) is 0 Å². The summed E-state index contributed by atoms with van der Waals surface area (Å²) < 4.78 is 5.61. The maximum absolute atomic E-state index is 10.8. The Balaban J connectivity index is 1.94. The van der Waals surface area contributed by atoms with Gasteiger partial charge in [-0.1, -0.05) is 0 Å². The first-order valence-electron chi connectivity index (χ1n) is 5.60. The Hall–Kier alpha value is -1.69. The van der Waals surface area contributed by atoms with Crippen LogP contribution in [-0.4, -0.2) is 29.6 Å². The van der Waals surface area contributed by atoms with Crippen molar-refractivity contribution < 1.29 is 9.66 Å². The van der Waals surface area contributed by atoms with E-state index in [4.69, 9.17) is 4.74 Å². The van der Waals surface area contributed by atoms with Crippen LogP contribution in [0.25, 0.3) is 0 Å². The van der Waals surface area contributed by atoms with Gasteiger partial charge in [-0.3, -0.25) is 15.1 Å². The van der Waals surface area contributed by atoms with Gasteiger partial charge in [0.15, 0.2) is 0 Å². The van der Waals surface area contributed by atoms with Crippen LogP contribution in [0.3, 0.4) is 0 Å². The van der Waals surface area contributed by atoms with Crippen molar-refractivity contribution >= 4 is 5.69 Å². The summed E-state index contributed by atoms with van der Waals surface area (Å²) in [4.78, 5) is 14.0. The lowest BCUT2D eigenvalue weighted by molar-refractivity contribution is -0.386. The normalized spacial score (nSPS) is 22.9. The van der Waals surface area contributed by atoms with E-state index in [9.17, 15) is 10.1 Å². The Kier molecular flexibility index (Phi) is 3.53. The van der Waals surface area contributed by atoms with Gasteiger partial charge in [0.2, 0.25) is 5.75 Å². The number of aromatic nitrogens is 1. The number of hydrogen-bond donors (Lipinski definition) is 1. The van der Waals surface area contributed by atoms with Crippen LogP contribution in [0.15, 0.2) is 18.5 Å². The van der Waals surface area contributed by atoms with Crippen LogP contribution >= 0.6 is 0 Å². The number of nitro groups is 1. The molecular formula is C11H15N3O3. The highest BCUT2D eigenvalue weighted by Crippen LogP contribution is 2.34. The van der Waals surface area contributed by atoms with Crippen molar-refractivity contribution in [3.8, 4) is 5.75 Å². The second-order valence-electron chi connectivity index (χ2n) is 4.24. The van der Waals surface area contributed by atoms with Crippen LogP contribution in [-0.2, 0) is 0 Å². The summed E-state index contributed by atoms with van der Waals surface area (Å²) in [6.07, 6.45) is 4.71. The summed E-state index contributed by atoms with van der Waals surface area (Å²) in [5, 5.41) is 13.9. The molecule has 1 fully saturated rings. The fourth-order valence-corrected chi connectivity index (χ4v) is 2.02. The number of ether oxygens (including phenoxy) is 1. The quantitative estimate of drug-likeness (QED) is 0.618. The van der Waals surface area contributed by atoms with E-state index in [2.05, 4.69) is 10.3 Å². The molecule has 0 radical (unpaired) electrons. The lowest BCUT2D eigenvalue weighted by Gasteiger charge is -2.34. The van der Waals surface area contributed by atoms with E-state index >= 15 is 0 Å². The number of pyridine rings is 1. The third-order valence-corrected chi connectivity index (χ3v) is 2.94. The highest BCUT2D eigenvalue weighted by Gasteiger charge is 2.31. The van der Waals surface area contributed by atoms with Crippen molar-refractivity contribution in [3.05, 3.63) is 28.6 Å². The van der Waals surface area contributed by atoms with E-state index in [1.54, 1.807) is 6.07 Å². The predicted octanol–water partition coefficient (Wildman–Crippen LogP) is 1.37. The number of rotatable bonds is 5. The lowest BCUT2D eigenvalue weighted by Crippen LogP contribution is -2.38. The minimum absolute atomic E-state index is 0.0652. The third-order valence-electron chi connectivity index (χ3n) is 2.94. The smallest absolute Gasteiger partial charge is 0.329 e. The summed E-state index contributed by atoms with van der Waals surface area (Å²) >= 11 is 0. The molecule has 1 heterocycles. The number of nitrogens with one attached hydrogen (secondary N) is 1. The molecule has 1 aromatic heterocycles. The van der Waals surface area contributed by atoms with Gasteiger partial charge in [-0.05, 0) is 32.4 Å². The summed E-state index contributed by atoms with van der Waals surface area (Å²) in [6.45, 7) is 0.971. The SMILES string of the molecule is CNCC1CC(Oc2ccncc2[N+](=O)[O-])C1. The van der Waals surface area contributed by atoms with Crippen LogP contribution in [0.2, 0.25) is 0 Å². The monoisotopic (exact) mass is 237 g/mol. The summed E-state index contributed by atoms with van der Waals surface area (Å²) in [5.74, 6) is 0.934. The van der Waals surface area contributed by atoms with Crippen molar-refractivity contribution in [3.63, 3.8) is 0 Å². The van der Waals surface area contributed by atoms with Gasteiger partial charge < -0.3 is 10.1 Å². The van der Waals surface area contributed by atoms with Crippen molar-refractivity contribution in [2.75, 3.05) is 13.6 Å². The molecule has 1 saturated carbocycles. The minimum Gasteiger partial charge on any atom is -0.483 e. The second-order valence-corrected chi connectivity index (χ2v) is 4.24. The molecule has 0 atom stereocenters. The topological polar surface area (TPSA) is 77.3 Å². The van der Waals surface area contributed by atoms with Gasteiger partial charge >= 0.3 is 5.69 Å². The first-order chi connectivity index (χ1) is 8.20. The van der Waals surface area contributed by atoms with Gasteiger partial charge in [0.1, 0.15) is 6.20 Å². The van der Waals surface area contributed by atoms with Crippen LogP contribution in [0.4, 0.5) is 5.69 Å². The predicted molar refractivity (Wildman–Crippen MR) is 62.0 cm³/mol. The first-order valence-corrected chi connectivity index (χ1v) is 5.60. The molecule has 0 spiro atoms. The van der Waals surface area contributed by atoms with Gasteiger partial charge in [-0.15, -0.1) is 0 Å². The van der Waals surface area contributed by atoms with E-state index in [0.717, 1.165) is 19.4 Å². The molecule has 1 N–H and O–H groups in total. The Labute approximate surface area is 99.2 Å². The Morgan fingerprint density at radius 3 is 3.06 bits per heavy atom. The molecule has 6 heteroatoms. The zero-order chi connectivity index (χ0) is 12.3. The van der Waals surface area contributed by atoms with Crippen molar-refractivity contribution in [1.82, 2.24) is 10.3 Å². The number of nitrogens with zero attached hydrogens (tertiary/aromatic N) is 2. The molecule has 92 valence electrons. The molecule has 0 bridgehead atoms. The van der Waals surface area contributed by atoms with E-state index < -0.39 is 4.92 Å². The maximum Gasteiger partial charge on any atom is 0.329 e. The average Bonchev–Trinajstić information content (AvgIpc) is 2.26. The fourth-order valence-electron chi connectivity index (χ4n) is 2.02. The van der Waals surface area contributed by atoms with E-state index in [0.29, 0.717) is 11.7 Å². The molecule has 0 saturated heterocycles. The largest absolute Gasteiger partial charge is 0.483 e. The van der Waals surface area contributed by atoms with E-state index in [1.165, 1.54) is 12.4 Å². The molecule has 0 unspecified atom stereocenters. The first kappa shape index (κ1) is 11.8. The molecular weight excluding hydrogens is 222 g/mol. The molecule has 17 heavy (non-hydrogen) atoms. The molecule has 1 aliphatic rings. The van der Waals surface area contributed by atoms with Crippen LogP contribution in [0.5, 0.6) is 5.75 Å². The molecule has 1 aliphatic carbocycles. The summed E-state index contributed by atoms with van der Waals surface area (Å²) in [7, 11) is 1.92. The highest BCUT2D eigenvalue weighted by molar-refractivity contribution is 5.43. The van der Waals surface area contributed by atoms with Gasteiger partial charge in [0, 0.05) is 12.3 Å². The Morgan fingerprint density at radius 1 is 1.65 bits per heavy atom. The second kappa shape index (κ2) is 5.09. The number of hydrogen-bond acceptors (Lipinski definition) is 5.